The summed E-state index contributed by atoms with van der Waals surface area (Å²) in [4.78, 5) is 25.4. The number of aryl methyl sites for hydroxylation is 2. The van der Waals surface area contributed by atoms with E-state index in [4.69, 9.17) is 14.2 Å². The molecule has 2 heterocycles. The fourth-order valence-electron chi connectivity index (χ4n) is 3.98. The number of fused-ring (bicyclic) bond motifs is 1. The number of benzene rings is 2. The molecule has 0 saturated carbocycles. The molecule has 182 valence electrons. The number of hydrogen-bond donors (Lipinski definition) is 1. The number of amides is 1. The van der Waals surface area contributed by atoms with Crippen LogP contribution in [0.1, 0.15) is 10.4 Å². The molecule has 1 amide bonds. The van der Waals surface area contributed by atoms with Gasteiger partial charge < -0.3 is 19.5 Å². The Hall–Kier alpha value is -3.35. The van der Waals surface area contributed by atoms with Crippen LogP contribution in [0.3, 0.4) is 0 Å². The molecule has 1 aromatic heterocycles. The number of rotatable bonds is 6. The zero-order chi connectivity index (χ0) is 24.6. The summed E-state index contributed by atoms with van der Waals surface area (Å²) < 4.78 is 46.7. The third-order valence-corrected chi connectivity index (χ3v) is 7.71. The van der Waals surface area contributed by atoms with Crippen LogP contribution in [0, 0.1) is 0 Å². The van der Waals surface area contributed by atoms with Gasteiger partial charge >= 0.3 is 5.69 Å². The van der Waals surface area contributed by atoms with Crippen LogP contribution < -0.4 is 20.5 Å². The van der Waals surface area contributed by atoms with Gasteiger partial charge in [-0.3, -0.25) is 13.9 Å². The van der Waals surface area contributed by atoms with E-state index in [9.17, 15) is 18.0 Å². The molecule has 12 heteroatoms. The highest BCUT2D eigenvalue weighted by Gasteiger charge is 2.30. The van der Waals surface area contributed by atoms with Crippen molar-refractivity contribution in [3.63, 3.8) is 0 Å². The zero-order valence-corrected chi connectivity index (χ0v) is 20.1. The van der Waals surface area contributed by atoms with Crippen molar-refractivity contribution in [3.8, 4) is 11.5 Å². The standard InChI is InChI=1S/C22H26N4O7S/c1-24-17-6-5-14(11-18(17)25(2)22(24)28)23-21(27)16-12-15(13-19(31-3)20(16)32-4)34(29,30)26-7-9-33-10-8-26/h5-6,11-13H,7-10H2,1-4H3,(H,23,27). The van der Waals surface area contributed by atoms with E-state index in [1.807, 2.05) is 0 Å². The molecule has 1 saturated heterocycles. The largest absolute Gasteiger partial charge is 0.493 e. The van der Waals surface area contributed by atoms with Crippen LogP contribution in [0.2, 0.25) is 0 Å². The minimum atomic E-state index is -3.89. The fourth-order valence-corrected chi connectivity index (χ4v) is 5.43. The van der Waals surface area contributed by atoms with Crippen molar-refractivity contribution in [1.29, 1.82) is 0 Å². The molecule has 1 aliphatic heterocycles. The number of ether oxygens (including phenoxy) is 3. The van der Waals surface area contributed by atoms with Gasteiger partial charge in [-0.1, -0.05) is 0 Å². The number of methoxy groups -OCH3 is 2. The van der Waals surface area contributed by atoms with Crippen LogP contribution >= 0.6 is 0 Å². The van der Waals surface area contributed by atoms with Gasteiger partial charge in [-0.15, -0.1) is 0 Å². The SMILES string of the molecule is COc1cc(S(=O)(=O)N2CCOCC2)cc(C(=O)Nc2ccc3c(c2)n(C)c(=O)n3C)c1OC. The third kappa shape index (κ3) is 4.04. The van der Waals surface area contributed by atoms with E-state index < -0.39 is 15.9 Å². The Kier molecular flexibility index (Phi) is 6.39. The summed E-state index contributed by atoms with van der Waals surface area (Å²) in [6.07, 6.45) is 0. The predicted molar refractivity (Wildman–Crippen MR) is 125 cm³/mol. The Morgan fingerprint density at radius 3 is 2.32 bits per heavy atom. The molecule has 1 N–H and O–H groups in total. The van der Waals surface area contributed by atoms with Crippen LogP contribution in [0.4, 0.5) is 5.69 Å². The summed E-state index contributed by atoms with van der Waals surface area (Å²) in [7, 11) is 2.16. The molecule has 4 rings (SSSR count). The highest BCUT2D eigenvalue weighted by Crippen LogP contribution is 2.36. The van der Waals surface area contributed by atoms with E-state index in [0.29, 0.717) is 29.9 Å². The van der Waals surface area contributed by atoms with Crippen LogP contribution in [0.25, 0.3) is 11.0 Å². The second-order valence-electron chi connectivity index (χ2n) is 7.78. The monoisotopic (exact) mass is 490 g/mol. The maximum absolute atomic E-state index is 13.3. The van der Waals surface area contributed by atoms with Crippen molar-refractivity contribution in [2.24, 2.45) is 14.1 Å². The lowest BCUT2D eigenvalue weighted by atomic mass is 10.1. The van der Waals surface area contributed by atoms with Crippen molar-refractivity contribution in [2.75, 3.05) is 45.8 Å². The van der Waals surface area contributed by atoms with E-state index >= 15 is 0 Å². The molecule has 34 heavy (non-hydrogen) atoms. The fraction of sp³-hybridized carbons (Fsp3) is 0.364. The molecule has 3 aromatic rings. The van der Waals surface area contributed by atoms with E-state index in [0.717, 1.165) is 0 Å². The Balaban J connectivity index is 1.74. The topological polar surface area (TPSA) is 121 Å². The zero-order valence-electron chi connectivity index (χ0n) is 19.3. The van der Waals surface area contributed by atoms with Gasteiger partial charge in [0.2, 0.25) is 10.0 Å². The summed E-state index contributed by atoms with van der Waals surface area (Å²) >= 11 is 0. The summed E-state index contributed by atoms with van der Waals surface area (Å²) in [5, 5.41) is 2.76. The molecule has 0 aliphatic carbocycles. The van der Waals surface area contributed by atoms with E-state index in [-0.39, 0.29) is 40.7 Å². The number of carbonyl (C=O) groups excluding carboxylic acids is 1. The smallest absolute Gasteiger partial charge is 0.328 e. The summed E-state index contributed by atoms with van der Waals surface area (Å²) in [6, 6.07) is 7.68. The number of carbonyl (C=O) groups is 1. The lowest BCUT2D eigenvalue weighted by molar-refractivity contribution is 0.0730. The van der Waals surface area contributed by atoms with Crippen molar-refractivity contribution in [3.05, 3.63) is 46.4 Å². The minimum Gasteiger partial charge on any atom is -0.493 e. The molecule has 0 atom stereocenters. The number of nitrogens with one attached hydrogen (secondary N) is 1. The summed E-state index contributed by atoms with van der Waals surface area (Å²) in [5.74, 6) is -0.369. The summed E-state index contributed by atoms with van der Waals surface area (Å²) in [6.45, 7) is 1.02. The Labute approximate surface area is 196 Å². The second kappa shape index (κ2) is 9.12. The summed E-state index contributed by atoms with van der Waals surface area (Å²) in [5.41, 5.74) is 1.59. The normalized spacial score (nSPS) is 14.8. The first-order chi connectivity index (χ1) is 16.2. The van der Waals surface area contributed by atoms with Gasteiger partial charge in [0.15, 0.2) is 11.5 Å². The highest BCUT2D eigenvalue weighted by atomic mass is 32.2. The van der Waals surface area contributed by atoms with E-state index in [2.05, 4.69) is 5.32 Å². The molecule has 11 nitrogen and oxygen atoms in total. The van der Waals surface area contributed by atoms with Gasteiger partial charge in [0.1, 0.15) is 0 Å². The number of sulfonamides is 1. The first-order valence-corrected chi connectivity index (χ1v) is 11.9. The number of imidazole rings is 1. The average Bonchev–Trinajstić information content (AvgIpc) is 3.06. The number of morpholine rings is 1. The van der Waals surface area contributed by atoms with Crippen LogP contribution in [0.5, 0.6) is 11.5 Å². The lowest BCUT2D eigenvalue weighted by Crippen LogP contribution is -2.40. The van der Waals surface area contributed by atoms with Gasteiger partial charge in [-0.05, 0) is 24.3 Å². The Morgan fingerprint density at radius 1 is 1.00 bits per heavy atom. The molecule has 0 bridgehead atoms. The van der Waals surface area contributed by atoms with Gasteiger partial charge in [0.05, 0.1) is 48.9 Å². The molecule has 1 fully saturated rings. The van der Waals surface area contributed by atoms with Crippen molar-refractivity contribution in [2.45, 2.75) is 4.90 Å². The number of nitrogens with zero attached hydrogens (tertiary/aromatic N) is 3. The van der Waals surface area contributed by atoms with Gasteiger partial charge in [-0.2, -0.15) is 4.31 Å². The molecule has 0 spiro atoms. The Bertz CT molecular complexity index is 1420. The molecule has 1 aliphatic rings. The van der Waals surface area contributed by atoms with Crippen molar-refractivity contribution < 1.29 is 27.4 Å². The molecular weight excluding hydrogens is 464 g/mol. The lowest BCUT2D eigenvalue weighted by Gasteiger charge is -2.26. The highest BCUT2D eigenvalue weighted by molar-refractivity contribution is 7.89. The molecule has 0 radical (unpaired) electrons. The van der Waals surface area contributed by atoms with Gasteiger partial charge in [0.25, 0.3) is 5.91 Å². The maximum atomic E-state index is 13.3. The van der Waals surface area contributed by atoms with Crippen LogP contribution in [-0.4, -0.2) is 68.3 Å². The maximum Gasteiger partial charge on any atom is 0.328 e. The van der Waals surface area contributed by atoms with Gasteiger partial charge in [0, 0.05) is 38.9 Å². The molecule has 2 aromatic carbocycles. The van der Waals surface area contributed by atoms with Crippen molar-refractivity contribution >= 4 is 32.7 Å². The predicted octanol–water partition coefficient (Wildman–Crippen LogP) is 1.17. The second-order valence-corrected chi connectivity index (χ2v) is 9.72. The van der Waals surface area contributed by atoms with Crippen LogP contribution in [-0.2, 0) is 28.9 Å². The van der Waals surface area contributed by atoms with Gasteiger partial charge in [-0.25, -0.2) is 13.2 Å². The number of hydrogen-bond acceptors (Lipinski definition) is 7. The minimum absolute atomic E-state index is 0.00395. The number of anilines is 1. The van der Waals surface area contributed by atoms with E-state index in [1.165, 1.54) is 39.8 Å². The average molecular weight is 491 g/mol. The van der Waals surface area contributed by atoms with Crippen LogP contribution in [0.15, 0.2) is 40.0 Å². The molecule has 0 unspecified atom stereocenters. The van der Waals surface area contributed by atoms with E-state index in [1.54, 1.807) is 32.3 Å². The number of aromatic nitrogens is 2. The third-order valence-electron chi connectivity index (χ3n) is 5.83. The first-order valence-electron chi connectivity index (χ1n) is 10.5. The first kappa shape index (κ1) is 23.8. The molecular formula is C22H26N4O7S. The van der Waals surface area contributed by atoms with Crippen molar-refractivity contribution in [1.82, 2.24) is 13.4 Å². The Morgan fingerprint density at radius 2 is 1.68 bits per heavy atom. The quantitative estimate of drug-likeness (QED) is 0.551.